The number of benzene rings is 2. The number of rotatable bonds is 4. The molecule has 0 bridgehead atoms. The van der Waals surface area contributed by atoms with Gasteiger partial charge in [-0.2, -0.15) is 8.75 Å². The third-order valence-electron chi connectivity index (χ3n) is 4.54. The lowest BCUT2D eigenvalue weighted by Gasteiger charge is -2.15. The lowest BCUT2D eigenvalue weighted by molar-refractivity contribution is -0.129. The predicted molar refractivity (Wildman–Crippen MR) is 101 cm³/mol. The molecule has 1 aliphatic rings. The van der Waals surface area contributed by atoms with Crippen LogP contribution < -0.4 is 5.32 Å². The van der Waals surface area contributed by atoms with Crippen LogP contribution in [0, 0.1) is 0 Å². The summed E-state index contributed by atoms with van der Waals surface area (Å²) in [7, 11) is 0. The minimum absolute atomic E-state index is 0.171. The molecule has 26 heavy (non-hydrogen) atoms. The van der Waals surface area contributed by atoms with Gasteiger partial charge in [0.1, 0.15) is 11.0 Å². The zero-order chi connectivity index (χ0) is 17.9. The molecule has 0 atom stereocenters. The van der Waals surface area contributed by atoms with Crippen LogP contribution in [0.5, 0.6) is 0 Å². The summed E-state index contributed by atoms with van der Waals surface area (Å²) in [6.45, 7) is 1.73. The Labute approximate surface area is 155 Å². The summed E-state index contributed by atoms with van der Waals surface area (Å²) < 4.78 is 8.29. The highest BCUT2D eigenvalue weighted by Crippen LogP contribution is 2.17. The van der Waals surface area contributed by atoms with Crippen LogP contribution in [-0.4, -0.2) is 38.6 Å². The highest BCUT2D eigenvalue weighted by atomic mass is 32.1. The number of nitrogens with one attached hydrogen (secondary N) is 1. The van der Waals surface area contributed by atoms with E-state index in [2.05, 4.69) is 14.1 Å². The van der Waals surface area contributed by atoms with Gasteiger partial charge in [-0.05, 0) is 48.7 Å². The Morgan fingerprint density at radius 1 is 1.00 bits per heavy atom. The topological polar surface area (TPSA) is 75.2 Å². The van der Waals surface area contributed by atoms with Crippen LogP contribution in [0.2, 0.25) is 0 Å². The number of amides is 2. The number of hydrogen-bond donors (Lipinski definition) is 1. The first-order valence-electron chi connectivity index (χ1n) is 8.59. The monoisotopic (exact) mass is 366 g/mol. The van der Waals surface area contributed by atoms with Gasteiger partial charge in [-0.3, -0.25) is 9.59 Å². The summed E-state index contributed by atoms with van der Waals surface area (Å²) in [6, 6.07) is 12.7. The average molecular weight is 366 g/mol. The van der Waals surface area contributed by atoms with Gasteiger partial charge in [-0.1, -0.05) is 12.1 Å². The maximum absolute atomic E-state index is 12.4. The van der Waals surface area contributed by atoms with Crippen molar-refractivity contribution in [1.29, 1.82) is 0 Å². The maximum Gasteiger partial charge on any atom is 0.255 e. The van der Waals surface area contributed by atoms with E-state index in [1.165, 1.54) is 0 Å². The second kappa shape index (κ2) is 7.21. The lowest BCUT2D eigenvalue weighted by atomic mass is 10.1. The summed E-state index contributed by atoms with van der Waals surface area (Å²) >= 11 is 1.13. The fourth-order valence-corrected chi connectivity index (χ4v) is 3.60. The SMILES string of the molecule is O=C(Nc1ccc(CC(=O)N2CCCC2)cc1)c1ccc2nsnc2c1. The molecule has 3 aromatic rings. The van der Waals surface area contributed by atoms with Crippen molar-refractivity contribution in [2.24, 2.45) is 0 Å². The number of carbonyl (C=O) groups is 2. The van der Waals surface area contributed by atoms with Crippen LogP contribution >= 0.6 is 11.7 Å². The molecule has 132 valence electrons. The highest BCUT2D eigenvalue weighted by Gasteiger charge is 2.17. The molecule has 1 saturated heterocycles. The van der Waals surface area contributed by atoms with Crippen LogP contribution in [0.1, 0.15) is 28.8 Å². The smallest absolute Gasteiger partial charge is 0.255 e. The van der Waals surface area contributed by atoms with E-state index in [0.29, 0.717) is 17.7 Å². The maximum atomic E-state index is 12.4. The largest absolute Gasteiger partial charge is 0.342 e. The van der Waals surface area contributed by atoms with Gasteiger partial charge in [-0.15, -0.1) is 0 Å². The second-order valence-electron chi connectivity index (χ2n) is 6.38. The van der Waals surface area contributed by atoms with Gasteiger partial charge >= 0.3 is 0 Å². The zero-order valence-corrected chi connectivity index (χ0v) is 15.0. The summed E-state index contributed by atoms with van der Waals surface area (Å²) in [5.41, 5.74) is 3.70. The summed E-state index contributed by atoms with van der Waals surface area (Å²) in [6.07, 6.45) is 2.60. The lowest BCUT2D eigenvalue weighted by Crippen LogP contribution is -2.29. The fourth-order valence-electron chi connectivity index (χ4n) is 3.09. The molecule has 6 nitrogen and oxygen atoms in total. The van der Waals surface area contributed by atoms with E-state index in [0.717, 1.165) is 54.3 Å². The molecular formula is C19H18N4O2S. The molecule has 0 radical (unpaired) electrons. The molecule has 1 aromatic heterocycles. The van der Waals surface area contributed by atoms with Crippen molar-refractivity contribution in [2.75, 3.05) is 18.4 Å². The van der Waals surface area contributed by atoms with Crippen molar-refractivity contribution in [3.8, 4) is 0 Å². The van der Waals surface area contributed by atoms with Gasteiger partial charge in [0.15, 0.2) is 0 Å². The summed E-state index contributed by atoms with van der Waals surface area (Å²) in [4.78, 5) is 26.5. The molecular weight excluding hydrogens is 348 g/mol. The van der Waals surface area contributed by atoms with Crippen LogP contribution in [-0.2, 0) is 11.2 Å². The fraction of sp³-hybridized carbons (Fsp3) is 0.263. The molecule has 2 heterocycles. The molecule has 0 aliphatic carbocycles. The Kier molecular flexibility index (Phi) is 4.62. The third-order valence-corrected chi connectivity index (χ3v) is 5.10. The second-order valence-corrected chi connectivity index (χ2v) is 6.91. The number of hydrogen-bond acceptors (Lipinski definition) is 5. The van der Waals surface area contributed by atoms with Gasteiger partial charge in [-0.25, -0.2) is 0 Å². The first-order chi connectivity index (χ1) is 12.7. The minimum Gasteiger partial charge on any atom is -0.342 e. The quantitative estimate of drug-likeness (QED) is 0.770. The van der Waals surface area contributed by atoms with Crippen molar-refractivity contribution in [3.05, 3.63) is 53.6 Å². The van der Waals surface area contributed by atoms with E-state index in [4.69, 9.17) is 0 Å². The van der Waals surface area contributed by atoms with Gasteiger partial charge in [0.05, 0.1) is 18.1 Å². The number of fused-ring (bicyclic) bond motifs is 1. The average Bonchev–Trinajstić information content (AvgIpc) is 3.34. The van der Waals surface area contributed by atoms with Gasteiger partial charge in [0, 0.05) is 24.3 Å². The van der Waals surface area contributed by atoms with Crippen molar-refractivity contribution in [2.45, 2.75) is 19.3 Å². The molecule has 0 saturated carbocycles. The Morgan fingerprint density at radius 2 is 1.73 bits per heavy atom. The van der Waals surface area contributed by atoms with E-state index in [1.54, 1.807) is 18.2 Å². The Balaban J connectivity index is 1.40. The molecule has 4 rings (SSSR count). The molecule has 0 unspecified atom stereocenters. The molecule has 1 N–H and O–H groups in total. The van der Waals surface area contributed by atoms with Gasteiger partial charge in [0.2, 0.25) is 5.91 Å². The van der Waals surface area contributed by atoms with E-state index in [9.17, 15) is 9.59 Å². The van der Waals surface area contributed by atoms with Crippen LogP contribution in [0.4, 0.5) is 5.69 Å². The van der Waals surface area contributed by atoms with Crippen LogP contribution in [0.3, 0.4) is 0 Å². The molecule has 2 aromatic carbocycles. The number of carbonyl (C=O) groups excluding carboxylic acids is 2. The predicted octanol–water partition coefficient (Wildman–Crippen LogP) is 3.11. The molecule has 2 amide bonds. The standard InChI is InChI=1S/C19H18N4O2S/c24-18(23-9-1-2-10-23)11-13-3-6-15(7-4-13)20-19(25)14-5-8-16-17(12-14)22-26-21-16/h3-8,12H,1-2,9-11H2,(H,20,25). The van der Waals surface area contributed by atoms with Crippen molar-refractivity contribution in [3.63, 3.8) is 0 Å². The normalized spacial score (nSPS) is 13.9. The number of aromatic nitrogens is 2. The Bertz CT molecular complexity index is 946. The number of anilines is 1. The number of likely N-dealkylation sites (tertiary alicyclic amines) is 1. The van der Waals surface area contributed by atoms with Crippen molar-refractivity contribution in [1.82, 2.24) is 13.6 Å². The third kappa shape index (κ3) is 3.57. The zero-order valence-electron chi connectivity index (χ0n) is 14.1. The molecule has 1 fully saturated rings. The van der Waals surface area contributed by atoms with E-state index in [-0.39, 0.29) is 11.8 Å². The van der Waals surface area contributed by atoms with E-state index >= 15 is 0 Å². The van der Waals surface area contributed by atoms with Crippen molar-refractivity contribution >= 4 is 40.3 Å². The first-order valence-corrected chi connectivity index (χ1v) is 9.32. The molecule has 7 heteroatoms. The van der Waals surface area contributed by atoms with E-state index < -0.39 is 0 Å². The Hall–Kier alpha value is -2.80. The Morgan fingerprint density at radius 3 is 2.50 bits per heavy atom. The summed E-state index contributed by atoms with van der Waals surface area (Å²) in [5.74, 6) is -0.0229. The van der Waals surface area contributed by atoms with Crippen LogP contribution in [0.15, 0.2) is 42.5 Å². The minimum atomic E-state index is -0.194. The van der Waals surface area contributed by atoms with Crippen molar-refractivity contribution < 1.29 is 9.59 Å². The molecule has 0 spiro atoms. The summed E-state index contributed by atoms with van der Waals surface area (Å²) in [5, 5.41) is 2.87. The van der Waals surface area contributed by atoms with E-state index in [1.807, 2.05) is 29.2 Å². The van der Waals surface area contributed by atoms with Crippen LogP contribution in [0.25, 0.3) is 11.0 Å². The van der Waals surface area contributed by atoms with Gasteiger partial charge in [0.25, 0.3) is 5.91 Å². The number of nitrogens with zero attached hydrogens (tertiary/aromatic N) is 3. The van der Waals surface area contributed by atoms with Gasteiger partial charge < -0.3 is 10.2 Å². The first kappa shape index (κ1) is 16.7. The highest BCUT2D eigenvalue weighted by molar-refractivity contribution is 7.00. The molecule has 1 aliphatic heterocycles.